The average Bonchev–Trinajstić information content (AvgIpc) is 2.28. The van der Waals surface area contributed by atoms with Crippen molar-refractivity contribution in [1.82, 2.24) is 0 Å². The van der Waals surface area contributed by atoms with Crippen molar-refractivity contribution in [3.8, 4) is 0 Å². The summed E-state index contributed by atoms with van der Waals surface area (Å²) in [5, 5.41) is 12.2. The molecule has 0 aliphatic rings. The number of hydrogen-bond donors (Lipinski definition) is 3. The lowest BCUT2D eigenvalue weighted by Crippen LogP contribution is -2.13. The third-order valence-corrected chi connectivity index (χ3v) is 2.67. The molecule has 0 radical (unpaired) electrons. The molecule has 5 nitrogen and oxygen atoms in total. The molecule has 5 heteroatoms. The Labute approximate surface area is 101 Å². The number of rotatable bonds is 5. The normalized spacial score (nSPS) is 10.3. The minimum absolute atomic E-state index is 0.247. The lowest BCUT2D eigenvalue weighted by Gasteiger charge is -2.16. The number of anilines is 2. The molecule has 4 N–H and O–H groups in total. The van der Waals surface area contributed by atoms with Crippen LogP contribution in [0.2, 0.25) is 0 Å². The van der Waals surface area contributed by atoms with E-state index in [2.05, 4.69) is 5.32 Å². The van der Waals surface area contributed by atoms with Gasteiger partial charge in [0.1, 0.15) is 0 Å². The largest absolute Gasteiger partial charge is 0.478 e. The van der Waals surface area contributed by atoms with E-state index < -0.39 is 5.97 Å². The summed E-state index contributed by atoms with van der Waals surface area (Å²) in [6.07, 6.45) is 0. The monoisotopic (exact) mass is 238 g/mol. The molecule has 0 bridgehead atoms. The third kappa shape index (κ3) is 2.88. The summed E-state index contributed by atoms with van der Waals surface area (Å²) in [6.45, 7) is 4.74. The summed E-state index contributed by atoms with van der Waals surface area (Å²) < 4.78 is 4.94. The number of benzene rings is 1. The molecule has 0 aliphatic heterocycles. The van der Waals surface area contributed by atoms with Crippen LogP contribution in [0.1, 0.15) is 21.5 Å². The van der Waals surface area contributed by atoms with Crippen LogP contribution in [-0.4, -0.2) is 31.3 Å². The third-order valence-electron chi connectivity index (χ3n) is 2.67. The molecule has 1 rings (SSSR count). The van der Waals surface area contributed by atoms with Gasteiger partial charge in [0, 0.05) is 13.7 Å². The highest BCUT2D eigenvalue weighted by Gasteiger charge is 2.14. The van der Waals surface area contributed by atoms with Crippen LogP contribution in [0.4, 0.5) is 11.4 Å². The van der Waals surface area contributed by atoms with E-state index in [1.165, 1.54) is 0 Å². The summed E-state index contributed by atoms with van der Waals surface area (Å²) in [6, 6.07) is 1.63. The summed E-state index contributed by atoms with van der Waals surface area (Å²) in [7, 11) is 1.62. The van der Waals surface area contributed by atoms with Crippen molar-refractivity contribution >= 4 is 17.3 Å². The first-order chi connectivity index (χ1) is 7.99. The quantitative estimate of drug-likeness (QED) is 0.536. The van der Waals surface area contributed by atoms with Crippen LogP contribution in [0, 0.1) is 13.8 Å². The maximum Gasteiger partial charge on any atom is 0.336 e. The van der Waals surface area contributed by atoms with E-state index in [0.717, 1.165) is 11.3 Å². The molecule has 0 aromatic heterocycles. The number of aromatic carboxylic acids is 1. The predicted octanol–water partition coefficient (Wildman–Crippen LogP) is 1.64. The summed E-state index contributed by atoms with van der Waals surface area (Å²) in [4.78, 5) is 11.0. The van der Waals surface area contributed by atoms with Crippen LogP contribution in [0.3, 0.4) is 0 Å². The zero-order valence-electron chi connectivity index (χ0n) is 10.3. The SMILES string of the molecule is COCCNc1c(C)cc(C(=O)O)c(C)c1N. The van der Waals surface area contributed by atoms with E-state index in [0.29, 0.717) is 24.4 Å². The van der Waals surface area contributed by atoms with Crippen molar-refractivity contribution in [1.29, 1.82) is 0 Å². The number of carbonyl (C=O) groups is 1. The number of ether oxygens (including phenoxy) is 1. The van der Waals surface area contributed by atoms with Gasteiger partial charge in [-0.05, 0) is 31.0 Å². The number of carboxylic acid groups (broad SMARTS) is 1. The minimum atomic E-state index is -0.958. The Morgan fingerprint density at radius 1 is 1.53 bits per heavy atom. The average molecular weight is 238 g/mol. The molecular weight excluding hydrogens is 220 g/mol. The Morgan fingerprint density at radius 2 is 2.18 bits per heavy atom. The van der Waals surface area contributed by atoms with Crippen LogP contribution in [0.5, 0.6) is 0 Å². The molecule has 1 aromatic rings. The molecule has 17 heavy (non-hydrogen) atoms. The Morgan fingerprint density at radius 3 is 2.71 bits per heavy atom. The molecular formula is C12H18N2O3. The first kappa shape index (κ1) is 13.3. The Bertz CT molecular complexity index is 430. The smallest absolute Gasteiger partial charge is 0.336 e. The van der Waals surface area contributed by atoms with Gasteiger partial charge in [0.15, 0.2) is 0 Å². The van der Waals surface area contributed by atoms with Gasteiger partial charge in [-0.15, -0.1) is 0 Å². The fraction of sp³-hybridized carbons (Fsp3) is 0.417. The molecule has 0 saturated heterocycles. The zero-order chi connectivity index (χ0) is 13.0. The molecule has 0 amide bonds. The number of methoxy groups -OCH3 is 1. The van der Waals surface area contributed by atoms with Crippen molar-refractivity contribution in [3.05, 3.63) is 22.8 Å². The van der Waals surface area contributed by atoms with E-state index in [-0.39, 0.29) is 5.56 Å². The Balaban J connectivity index is 3.08. The zero-order valence-corrected chi connectivity index (χ0v) is 10.3. The maximum absolute atomic E-state index is 11.0. The molecule has 94 valence electrons. The van der Waals surface area contributed by atoms with Crippen LogP contribution in [-0.2, 0) is 4.74 Å². The summed E-state index contributed by atoms with van der Waals surface area (Å²) >= 11 is 0. The summed E-state index contributed by atoms with van der Waals surface area (Å²) in [5.41, 5.74) is 8.86. The second-order valence-corrected chi connectivity index (χ2v) is 3.88. The van der Waals surface area contributed by atoms with Crippen LogP contribution in [0.15, 0.2) is 6.07 Å². The van der Waals surface area contributed by atoms with Crippen molar-refractivity contribution in [2.24, 2.45) is 0 Å². The van der Waals surface area contributed by atoms with Crippen molar-refractivity contribution in [2.45, 2.75) is 13.8 Å². The van der Waals surface area contributed by atoms with Gasteiger partial charge in [0.2, 0.25) is 0 Å². The van der Waals surface area contributed by atoms with Gasteiger partial charge < -0.3 is 20.9 Å². The van der Waals surface area contributed by atoms with Gasteiger partial charge in [-0.2, -0.15) is 0 Å². The number of nitrogen functional groups attached to an aromatic ring is 1. The van der Waals surface area contributed by atoms with Crippen molar-refractivity contribution in [3.63, 3.8) is 0 Å². The second kappa shape index (κ2) is 5.54. The van der Waals surface area contributed by atoms with Gasteiger partial charge >= 0.3 is 5.97 Å². The Hall–Kier alpha value is -1.75. The number of hydrogen-bond acceptors (Lipinski definition) is 4. The number of carboxylic acids is 1. The van der Waals surface area contributed by atoms with E-state index in [9.17, 15) is 4.79 Å². The van der Waals surface area contributed by atoms with Crippen LogP contribution >= 0.6 is 0 Å². The standard InChI is InChI=1S/C12H18N2O3/c1-7-6-9(12(15)16)8(2)10(13)11(7)14-4-5-17-3/h6,14H,4-5,13H2,1-3H3,(H,15,16). The molecule has 0 aliphatic carbocycles. The topological polar surface area (TPSA) is 84.6 Å². The number of nitrogens with one attached hydrogen (secondary N) is 1. The van der Waals surface area contributed by atoms with Gasteiger partial charge in [0.25, 0.3) is 0 Å². The molecule has 0 atom stereocenters. The fourth-order valence-electron chi connectivity index (χ4n) is 1.68. The highest BCUT2D eigenvalue weighted by atomic mass is 16.5. The predicted molar refractivity (Wildman–Crippen MR) is 67.7 cm³/mol. The minimum Gasteiger partial charge on any atom is -0.478 e. The van der Waals surface area contributed by atoms with Crippen molar-refractivity contribution < 1.29 is 14.6 Å². The van der Waals surface area contributed by atoms with E-state index in [1.807, 2.05) is 6.92 Å². The van der Waals surface area contributed by atoms with Gasteiger partial charge in [-0.1, -0.05) is 0 Å². The molecule has 0 heterocycles. The second-order valence-electron chi connectivity index (χ2n) is 3.88. The highest BCUT2D eigenvalue weighted by molar-refractivity contribution is 5.94. The van der Waals surface area contributed by atoms with E-state index in [4.69, 9.17) is 15.6 Å². The van der Waals surface area contributed by atoms with E-state index >= 15 is 0 Å². The van der Waals surface area contributed by atoms with Crippen molar-refractivity contribution in [2.75, 3.05) is 31.3 Å². The lowest BCUT2D eigenvalue weighted by molar-refractivity contribution is 0.0696. The molecule has 0 spiro atoms. The van der Waals surface area contributed by atoms with Crippen LogP contribution < -0.4 is 11.1 Å². The molecule has 0 saturated carbocycles. The maximum atomic E-state index is 11.0. The molecule has 0 fully saturated rings. The number of aryl methyl sites for hydroxylation is 1. The highest BCUT2D eigenvalue weighted by Crippen LogP contribution is 2.29. The van der Waals surface area contributed by atoms with Gasteiger partial charge in [-0.25, -0.2) is 4.79 Å². The van der Waals surface area contributed by atoms with E-state index in [1.54, 1.807) is 20.1 Å². The summed E-state index contributed by atoms with van der Waals surface area (Å²) in [5.74, 6) is -0.958. The molecule has 0 unspecified atom stereocenters. The Kier molecular flexibility index (Phi) is 4.34. The number of nitrogens with two attached hydrogens (primary N) is 1. The fourth-order valence-corrected chi connectivity index (χ4v) is 1.68. The van der Waals surface area contributed by atoms with Gasteiger partial charge in [0.05, 0.1) is 23.5 Å². The first-order valence-corrected chi connectivity index (χ1v) is 5.34. The first-order valence-electron chi connectivity index (χ1n) is 5.34. The van der Waals surface area contributed by atoms with Crippen LogP contribution in [0.25, 0.3) is 0 Å². The van der Waals surface area contributed by atoms with Gasteiger partial charge in [-0.3, -0.25) is 0 Å². The lowest BCUT2D eigenvalue weighted by atomic mass is 10.0. The molecule has 1 aromatic carbocycles.